The van der Waals surface area contributed by atoms with Crippen LogP contribution in [0.2, 0.25) is 0 Å². The van der Waals surface area contributed by atoms with E-state index >= 15 is 0 Å². The zero-order chi connectivity index (χ0) is 23.5. The third-order valence-electron chi connectivity index (χ3n) is 6.20. The minimum Gasteiger partial charge on any atom is -0.493 e. The number of fused-ring (bicyclic) bond motifs is 1. The van der Waals surface area contributed by atoms with E-state index in [0.717, 1.165) is 28.8 Å². The van der Waals surface area contributed by atoms with Crippen molar-refractivity contribution in [3.8, 4) is 22.8 Å². The lowest BCUT2D eigenvalue weighted by molar-refractivity contribution is 0.0745. The Kier molecular flexibility index (Phi) is 6.04. The highest BCUT2D eigenvalue weighted by molar-refractivity contribution is 6.00. The fourth-order valence-corrected chi connectivity index (χ4v) is 4.61. The summed E-state index contributed by atoms with van der Waals surface area (Å²) in [7, 11) is 1.63. The molecule has 1 aliphatic heterocycles. The molecule has 1 unspecified atom stereocenters. The molecule has 5 rings (SSSR count). The second kappa shape index (κ2) is 9.43. The third kappa shape index (κ3) is 3.92. The Labute approximate surface area is 199 Å². The molecule has 0 bridgehead atoms. The highest BCUT2D eigenvalue weighted by Gasteiger charge is 2.42. The highest BCUT2D eigenvalue weighted by atomic mass is 16.5. The second-order valence-electron chi connectivity index (χ2n) is 8.21. The van der Waals surface area contributed by atoms with Gasteiger partial charge in [-0.05, 0) is 36.6 Å². The van der Waals surface area contributed by atoms with Crippen molar-refractivity contribution in [1.82, 2.24) is 15.1 Å². The van der Waals surface area contributed by atoms with Crippen molar-refractivity contribution >= 4 is 5.91 Å². The SMILES string of the molecule is CCOc1ccc(C2c3c(-c4ccccc4)n[nH]c3C(=O)N2CCc2ccccc2)cc1OC. The third-order valence-corrected chi connectivity index (χ3v) is 6.20. The van der Waals surface area contributed by atoms with Crippen LogP contribution < -0.4 is 9.47 Å². The van der Waals surface area contributed by atoms with Gasteiger partial charge in [0, 0.05) is 17.7 Å². The molecule has 0 saturated carbocycles. The van der Waals surface area contributed by atoms with E-state index in [0.29, 0.717) is 30.3 Å². The summed E-state index contributed by atoms with van der Waals surface area (Å²) in [5, 5.41) is 7.57. The van der Waals surface area contributed by atoms with E-state index in [-0.39, 0.29) is 11.9 Å². The molecule has 172 valence electrons. The van der Waals surface area contributed by atoms with Gasteiger partial charge in [0.2, 0.25) is 0 Å². The number of amides is 1. The van der Waals surface area contributed by atoms with Crippen LogP contribution in [0.25, 0.3) is 11.3 Å². The zero-order valence-electron chi connectivity index (χ0n) is 19.3. The molecule has 4 aromatic rings. The number of benzene rings is 3. The highest BCUT2D eigenvalue weighted by Crippen LogP contribution is 2.44. The van der Waals surface area contributed by atoms with Crippen LogP contribution in [0.4, 0.5) is 0 Å². The molecule has 1 aliphatic rings. The standard InChI is InChI=1S/C28H27N3O3/c1-3-34-22-15-14-21(18-23(22)33-2)27-24-25(20-12-8-5-9-13-20)29-30-26(24)28(32)31(27)17-16-19-10-6-4-7-11-19/h4-15,18,27H,3,16-17H2,1-2H3,(H,29,30). The number of H-pyrrole nitrogens is 1. The maximum absolute atomic E-state index is 13.6. The van der Waals surface area contributed by atoms with Crippen molar-refractivity contribution in [2.45, 2.75) is 19.4 Å². The van der Waals surface area contributed by atoms with Gasteiger partial charge in [-0.15, -0.1) is 0 Å². The maximum atomic E-state index is 13.6. The van der Waals surface area contributed by atoms with E-state index in [1.54, 1.807) is 7.11 Å². The fraction of sp³-hybridized carbons (Fsp3) is 0.214. The van der Waals surface area contributed by atoms with Gasteiger partial charge in [-0.1, -0.05) is 66.7 Å². The van der Waals surface area contributed by atoms with Crippen molar-refractivity contribution in [2.24, 2.45) is 0 Å². The Morgan fingerprint density at radius 1 is 0.971 bits per heavy atom. The van der Waals surface area contributed by atoms with Crippen molar-refractivity contribution in [2.75, 3.05) is 20.3 Å². The van der Waals surface area contributed by atoms with Gasteiger partial charge in [0.05, 0.1) is 25.5 Å². The Balaban J connectivity index is 1.59. The van der Waals surface area contributed by atoms with Gasteiger partial charge in [-0.3, -0.25) is 9.89 Å². The summed E-state index contributed by atoms with van der Waals surface area (Å²) in [4.78, 5) is 15.5. The monoisotopic (exact) mass is 453 g/mol. The number of hydrogen-bond donors (Lipinski definition) is 1. The number of hydrogen-bond acceptors (Lipinski definition) is 4. The molecule has 1 amide bonds. The summed E-state index contributed by atoms with van der Waals surface area (Å²) < 4.78 is 11.3. The van der Waals surface area contributed by atoms with Gasteiger partial charge in [-0.25, -0.2) is 0 Å². The Bertz CT molecular complexity index is 1290. The van der Waals surface area contributed by atoms with Crippen LogP contribution in [-0.2, 0) is 6.42 Å². The van der Waals surface area contributed by atoms with Gasteiger partial charge in [-0.2, -0.15) is 5.10 Å². The minimum atomic E-state index is -0.287. The van der Waals surface area contributed by atoms with Crippen LogP contribution >= 0.6 is 0 Å². The number of aromatic amines is 1. The molecule has 1 N–H and O–H groups in total. The predicted molar refractivity (Wildman–Crippen MR) is 131 cm³/mol. The second-order valence-corrected chi connectivity index (χ2v) is 8.21. The van der Waals surface area contributed by atoms with Crippen molar-refractivity contribution in [3.63, 3.8) is 0 Å². The molecule has 0 aliphatic carbocycles. The van der Waals surface area contributed by atoms with Crippen molar-refractivity contribution in [1.29, 1.82) is 0 Å². The molecule has 6 heteroatoms. The average Bonchev–Trinajstić information content (AvgIpc) is 3.43. The number of carbonyl (C=O) groups is 1. The zero-order valence-corrected chi connectivity index (χ0v) is 19.3. The van der Waals surface area contributed by atoms with Crippen LogP contribution in [0.1, 0.15) is 40.1 Å². The first-order valence-corrected chi connectivity index (χ1v) is 11.5. The van der Waals surface area contributed by atoms with E-state index < -0.39 is 0 Å². The van der Waals surface area contributed by atoms with Gasteiger partial charge in [0.1, 0.15) is 5.69 Å². The van der Waals surface area contributed by atoms with Gasteiger partial charge < -0.3 is 14.4 Å². The van der Waals surface area contributed by atoms with Gasteiger partial charge in [0.25, 0.3) is 5.91 Å². The molecule has 1 atom stereocenters. The molecule has 34 heavy (non-hydrogen) atoms. The van der Waals surface area contributed by atoms with Crippen LogP contribution in [-0.4, -0.2) is 41.3 Å². The molecule has 0 spiro atoms. The maximum Gasteiger partial charge on any atom is 0.273 e. The predicted octanol–water partition coefficient (Wildman–Crippen LogP) is 5.27. The molecular weight excluding hydrogens is 426 g/mol. The number of ether oxygens (including phenoxy) is 2. The number of nitrogens with zero attached hydrogens (tertiary/aromatic N) is 2. The van der Waals surface area contributed by atoms with Crippen LogP contribution in [0.15, 0.2) is 78.9 Å². The van der Waals surface area contributed by atoms with Crippen molar-refractivity contribution in [3.05, 3.63) is 101 Å². The molecule has 2 heterocycles. The van der Waals surface area contributed by atoms with Crippen molar-refractivity contribution < 1.29 is 14.3 Å². The summed E-state index contributed by atoms with van der Waals surface area (Å²) in [6, 6.07) is 25.8. The molecule has 0 saturated heterocycles. The van der Waals surface area contributed by atoms with Crippen LogP contribution in [0.3, 0.4) is 0 Å². The van der Waals surface area contributed by atoms with E-state index in [4.69, 9.17) is 9.47 Å². The largest absolute Gasteiger partial charge is 0.493 e. The Morgan fingerprint density at radius 2 is 1.71 bits per heavy atom. The number of aromatic nitrogens is 2. The van der Waals surface area contributed by atoms with Crippen LogP contribution in [0.5, 0.6) is 11.5 Å². The first-order valence-electron chi connectivity index (χ1n) is 11.5. The lowest BCUT2D eigenvalue weighted by atomic mass is 9.95. The first kappa shape index (κ1) is 21.8. The normalized spacial score (nSPS) is 14.8. The summed E-state index contributed by atoms with van der Waals surface area (Å²) >= 11 is 0. The molecule has 0 radical (unpaired) electrons. The number of carbonyl (C=O) groups excluding carboxylic acids is 1. The first-order chi connectivity index (χ1) is 16.7. The lowest BCUT2D eigenvalue weighted by Gasteiger charge is -2.27. The number of rotatable bonds is 8. The molecular formula is C28H27N3O3. The molecule has 1 aromatic heterocycles. The Hall–Kier alpha value is -4.06. The van der Waals surface area contributed by atoms with Gasteiger partial charge in [0.15, 0.2) is 11.5 Å². The fourth-order valence-electron chi connectivity index (χ4n) is 4.61. The average molecular weight is 454 g/mol. The molecule has 3 aromatic carbocycles. The van der Waals surface area contributed by atoms with Gasteiger partial charge >= 0.3 is 0 Å². The van der Waals surface area contributed by atoms with E-state index in [2.05, 4.69) is 22.3 Å². The van der Waals surface area contributed by atoms with E-state index in [9.17, 15) is 4.79 Å². The minimum absolute atomic E-state index is 0.0431. The molecule has 6 nitrogen and oxygen atoms in total. The topological polar surface area (TPSA) is 67.5 Å². The Morgan fingerprint density at radius 3 is 2.41 bits per heavy atom. The quantitative estimate of drug-likeness (QED) is 0.395. The number of nitrogens with one attached hydrogen (secondary N) is 1. The number of methoxy groups -OCH3 is 1. The summed E-state index contributed by atoms with van der Waals surface area (Å²) in [5.74, 6) is 1.29. The molecule has 0 fully saturated rings. The van der Waals surface area contributed by atoms with Crippen LogP contribution in [0, 0.1) is 0 Å². The lowest BCUT2D eigenvalue weighted by Crippen LogP contribution is -2.31. The van der Waals surface area contributed by atoms with E-state index in [1.165, 1.54) is 5.56 Å². The van der Waals surface area contributed by atoms with E-state index in [1.807, 2.05) is 78.6 Å². The summed E-state index contributed by atoms with van der Waals surface area (Å²) in [5.41, 5.74) is 5.36. The summed E-state index contributed by atoms with van der Waals surface area (Å²) in [6.45, 7) is 3.07. The summed E-state index contributed by atoms with van der Waals surface area (Å²) in [6.07, 6.45) is 0.760. The smallest absolute Gasteiger partial charge is 0.273 e.